The fraction of sp³-hybridized carbons (Fsp3) is 0.476. The normalized spacial score (nSPS) is 21.8. The summed E-state index contributed by atoms with van der Waals surface area (Å²) in [5.41, 5.74) is 1.37. The smallest absolute Gasteiger partial charge is 0.252 e. The van der Waals surface area contributed by atoms with Gasteiger partial charge in [-0.1, -0.05) is 37.5 Å². The first-order valence-electron chi connectivity index (χ1n) is 9.69. The van der Waals surface area contributed by atoms with E-state index >= 15 is 0 Å². The number of hydrogen-bond acceptors (Lipinski definition) is 3. The zero-order valence-electron chi connectivity index (χ0n) is 15.0. The van der Waals surface area contributed by atoms with Gasteiger partial charge in [-0.15, -0.1) is 0 Å². The lowest BCUT2D eigenvalue weighted by molar-refractivity contribution is -0.139. The van der Waals surface area contributed by atoms with Gasteiger partial charge in [-0.25, -0.2) is 0 Å². The second-order valence-electron chi connectivity index (χ2n) is 7.37. The quantitative estimate of drug-likeness (QED) is 0.923. The van der Waals surface area contributed by atoms with Crippen LogP contribution in [0.25, 0.3) is 10.9 Å². The SMILES string of the molecule is O=C(N[C@H]1CCCN(C2CCCCC2)C1=O)c1ccnc2ccccc12. The number of benzene rings is 1. The molecule has 2 aromatic rings. The monoisotopic (exact) mass is 351 g/mol. The number of likely N-dealkylation sites (tertiary alicyclic amines) is 1. The van der Waals surface area contributed by atoms with Gasteiger partial charge in [-0.05, 0) is 37.8 Å². The van der Waals surface area contributed by atoms with Crippen LogP contribution in [0.5, 0.6) is 0 Å². The Labute approximate surface area is 153 Å². The maximum Gasteiger partial charge on any atom is 0.252 e. The second-order valence-corrected chi connectivity index (χ2v) is 7.37. The zero-order chi connectivity index (χ0) is 17.9. The van der Waals surface area contributed by atoms with E-state index in [9.17, 15) is 9.59 Å². The molecule has 1 aliphatic carbocycles. The van der Waals surface area contributed by atoms with Crippen LogP contribution in [0.15, 0.2) is 36.5 Å². The van der Waals surface area contributed by atoms with Crippen molar-refractivity contribution in [2.75, 3.05) is 6.54 Å². The van der Waals surface area contributed by atoms with Crippen LogP contribution >= 0.6 is 0 Å². The molecule has 1 aliphatic heterocycles. The molecule has 1 saturated carbocycles. The highest BCUT2D eigenvalue weighted by atomic mass is 16.2. The van der Waals surface area contributed by atoms with Crippen LogP contribution in [-0.4, -0.2) is 40.3 Å². The van der Waals surface area contributed by atoms with Crippen LogP contribution in [0.3, 0.4) is 0 Å². The molecule has 1 aromatic carbocycles. The molecule has 1 N–H and O–H groups in total. The average Bonchev–Trinajstić information content (AvgIpc) is 2.70. The molecular weight excluding hydrogens is 326 g/mol. The molecule has 0 bridgehead atoms. The summed E-state index contributed by atoms with van der Waals surface area (Å²) in [7, 11) is 0. The Morgan fingerprint density at radius 3 is 2.69 bits per heavy atom. The second kappa shape index (κ2) is 7.44. The van der Waals surface area contributed by atoms with E-state index in [1.54, 1.807) is 12.3 Å². The standard InChI is InChI=1S/C21H25N3O2/c25-20(17-12-13-22-18-10-5-4-9-16(17)18)23-19-11-6-14-24(21(19)26)15-7-2-1-3-8-15/h4-5,9-10,12-13,15,19H,1-3,6-8,11,14H2,(H,23,25)/t19-/m0/s1. The number of nitrogens with zero attached hydrogens (tertiary/aromatic N) is 2. The predicted octanol–water partition coefficient (Wildman–Crippen LogP) is 3.29. The Balaban J connectivity index is 1.50. The van der Waals surface area contributed by atoms with Crippen molar-refractivity contribution in [3.63, 3.8) is 0 Å². The molecule has 4 rings (SSSR count). The highest BCUT2D eigenvalue weighted by molar-refractivity contribution is 6.07. The third-order valence-electron chi connectivity index (χ3n) is 5.69. The molecule has 1 saturated heterocycles. The summed E-state index contributed by atoms with van der Waals surface area (Å²) < 4.78 is 0. The summed E-state index contributed by atoms with van der Waals surface area (Å²) in [6.07, 6.45) is 9.19. The minimum atomic E-state index is -0.412. The highest BCUT2D eigenvalue weighted by Crippen LogP contribution is 2.26. The topological polar surface area (TPSA) is 62.3 Å². The van der Waals surface area contributed by atoms with E-state index in [0.717, 1.165) is 43.1 Å². The van der Waals surface area contributed by atoms with Crippen molar-refractivity contribution in [3.05, 3.63) is 42.1 Å². The lowest BCUT2D eigenvalue weighted by atomic mass is 9.91. The van der Waals surface area contributed by atoms with Gasteiger partial charge in [0.2, 0.25) is 5.91 Å². The van der Waals surface area contributed by atoms with Crippen molar-refractivity contribution in [2.24, 2.45) is 0 Å². The van der Waals surface area contributed by atoms with E-state index in [4.69, 9.17) is 0 Å². The number of rotatable bonds is 3. The Morgan fingerprint density at radius 1 is 1.04 bits per heavy atom. The minimum absolute atomic E-state index is 0.0925. The molecule has 0 unspecified atom stereocenters. The minimum Gasteiger partial charge on any atom is -0.340 e. The first kappa shape index (κ1) is 17.0. The van der Waals surface area contributed by atoms with E-state index < -0.39 is 6.04 Å². The summed E-state index contributed by atoms with van der Waals surface area (Å²) in [5.74, 6) is -0.0951. The number of fused-ring (bicyclic) bond motifs is 1. The third kappa shape index (κ3) is 3.30. The number of carbonyl (C=O) groups is 2. The molecule has 0 radical (unpaired) electrons. The van der Waals surface area contributed by atoms with Crippen molar-refractivity contribution in [2.45, 2.75) is 57.0 Å². The molecular formula is C21H25N3O2. The van der Waals surface area contributed by atoms with Gasteiger partial charge in [0.05, 0.1) is 11.1 Å². The summed E-state index contributed by atoms with van der Waals surface area (Å²) in [5, 5.41) is 3.81. The molecule has 136 valence electrons. The molecule has 2 aliphatic rings. The lowest BCUT2D eigenvalue weighted by Crippen LogP contribution is -2.55. The van der Waals surface area contributed by atoms with Gasteiger partial charge in [-0.3, -0.25) is 14.6 Å². The van der Waals surface area contributed by atoms with Crippen LogP contribution < -0.4 is 5.32 Å². The summed E-state index contributed by atoms with van der Waals surface area (Å²) in [4.78, 5) is 32.1. The van der Waals surface area contributed by atoms with Crippen LogP contribution in [0, 0.1) is 0 Å². The number of aromatic nitrogens is 1. The molecule has 2 amide bonds. The predicted molar refractivity (Wildman–Crippen MR) is 101 cm³/mol. The Hall–Kier alpha value is -2.43. The maximum absolute atomic E-state index is 13.0. The van der Waals surface area contributed by atoms with E-state index in [0.29, 0.717) is 11.6 Å². The highest BCUT2D eigenvalue weighted by Gasteiger charge is 2.34. The van der Waals surface area contributed by atoms with Gasteiger partial charge in [0, 0.05) is 24.2 Å². The van der Waals surface area contributed by atoms with Crippen molar-refractivity contribution in [3.8, 4) is 0 Å². The third-order valence-corrected chi connectivity index (χ3v) is 5.69. The van der Waals surface area contributed by atoms with Crippen molar-refractivity contribution in [1.82, 2.24) is 15.2 Å². The van der Waals surface area contributed by atoms with Crippen molar-refractivity contribution in [1.29, 1.82) is 0 Å². The van der Waals surface area contributed by atoms with E-state index in [1.807, 2.05) is 29.2 Å². The molecule has 5 heteroatoms. The molecule has 2 fully saturated rings. The molecule has 2 heterocycles. The van der Waals surface area contributed by atoms with Gasteiger partial charge < -0.3 is 10.2 Å². The maximum atomic E-state index is 13.0. The molecule has 1 aromatic heterocycles. The van der Waals surface area contributed by atoms with Gasteiger partial charge in [0.1, 0.15) is 6.04 Å². The molecule has 5 nitrogen and oxygen atoms in total. The first-order valence-corrected chi connectivity index (χ1v) is 9.69. The fourth-order valence-electron chi connectivity index (χ4n) is 4.32. The average molecular weight is 351 g/mol. The number of pyridine rings is 1. The van der Waals surface area contributed by atoms with Gasteiger partial charge in [-0.2, -0.15) is 0 Å². The number of amides is 2. The van der Waals surface area contributed by atoms with Crippen LogP contribution in [0.2, 0.25) is 0 Å². The molecule has 26 heavy (non-hydrogen) atoms. The van der Waals surface area contributed by atoms with Crippen molar-refractivity contribution >= 4 is 22.7 Å². The summed E-state index contributed by atoms with van der Waals surface area (Å²) in [6.45, 7) is 0.827. The van der Waals surface area contributed by atoms with Crippen LogP contribution in [0.4, 0.5) is 0 Å². The van der Waals surface area contributed by atoms with Crippen molar-refractivity contribution < 1.29 is 9.59 Å². The van der Waals surface area contributed by atoms with E-state index in [1.165, 1.54) is 19.3 Å². The van der Waals surface area contributed by atoms with Gasteiger partial charge >= 0.3 is 0 Å². The van der Waals surface area contributed by atoms with Gasteiger partial charge in [0.15, 0.2) is 0 Å². The Bertz CT molecular complexity index is 809. The van der Waals surface area contributed by atoms with Gasteiger partial charge in [0.25, 0.3) is 5.91 Å². The number of piperidine rings is 1. The largest absolute Gasteiger partial charge is 0.340 e. The lowest BCUT2D eigenvalue weighted by Gasteiger charge is -2.40. The van der Waals surface area contributed by atoms with Crippen LogP contribution in [0.1, 0.15) is 55.3 Å². The fourth-order valence-corrected chi connectivity index (χ4v) is 4.32. The van der Waals surface area contributed by atoms with E-state index in [2.05, 4.69) is 10.3 Å². The number of para-hydroxylation sites is 1. The number of nitrogens with one attached hydrogen (secondary N) is 1. The summed E-state index contributed by atoms with van der Waals surface area (Å²) in [6, 6.07) is 9.27. The van der Waals surface area contributed by atoms with Crippen LogP contribution in [-0.2, 0) is 4.79 Å². The molecule has 1 atom stereocenters. The number of carbonyl (C=O) groups excluding carboxylic acids is 2. The number of hydrogen-bond donors (Lipinski definition) is 1. The first-order chi connectivity index (χ1) is 12.7. The Morgan fingerprint density at radius 2 is 1.85 bits per heavy atom. The Kier molecular flexibility index (Phi) is 4.87. The van der Waals surface area contributed by atoms with E-state index in [-0.39, 0.29) is 11.8 Å². The zero-order valence-corrected chi connectivity index (χ0v) is 15.0. The summed E-state index contributed by atoms with van der Waals surface area (Å²) >= 11 is 0. The molecule has 0 spiro atoms.